The zero-order chi connectivity index (χ0) is 17.4. The van der Waals surface area contributed by atoms with Crippen LogP contribution < -0.4 is 5.32 Å². The average molecular weight is 336 g/mol. The number of aryl methyl sites for hydroxylation is 1. The van der Waals surface area contributed by atoms with Gasteiger partial charge in [0.15, 0.2) is 0 Å². The minimum Gasteiger partial charge on any atom is -0.393 e. The van der Waals surface area contributed by atoms with Crippen LogP contribution >= 0.6 is 0 Å². The Labute approximate surface area is 145 Å². The Bertz CT molecular complexity index is 914. The first kappa shape index (κ1) is 15.8. The minimum atomic E-state index is -0.278. The molecule has 1 aromatic carbocycles. The van der Waals surface area contributed by atoms with Crippen LogP contribution in [0.2, 0.25) is 0 Å². The molecule has 1 amide bonds. The quantitative estimate of drug-likeness (QED) is 0.765. The second-order valence-corrected chi connectivity index (χ2v) is 6.67. The summed E-state index contributed by atoms with van der Waals surface area (Å²) < 4.78 is 1.72. The fraction of sp³-hybridized carbons (Fsp3) is 0.316. The van der Waals surface area contributed by atoms with E-state index >= 15 is 0 Å². The fourth-order valence-corrected chi connectivity index (χ4v) is 3.38. The van der Waals surface area contributed by atoms with Crippen molar-refractivity contribution in [3.63, 3.8) is 0 Å². The van der Waals surface area contributed by atoms with Crippen LogP contribution in [0.1, 0.15) is 34.9 Å². The number of rotatable bonds is 4. The normalized spacial score (nSPS) is 20.9. The smallest absolute Gasteiger partial charge is 0.270 e. The van der Waals surface area contributed by atoms with Crippen molar-refractivity contribution in [2.24, 2.45) is 13.0 Å². The summed E-state index contributed by atoms with van der Waals surface area (Å²) in [4.78, 5) is 17.2. The maximum atomic E-state index is 12.7. The third-order valence-electron chi connectivity index (χ3n) is 4.82. The molecule has 1 atom stereocenters. The standard InChI is InChI=1S/C19H20N4O2/c1-23-11-14(10-20-23)18(13-8-15(24)9-13)22-19(25)17-7-6-12-4-2-3-5-16(12)21-17/h2-7,10-11,13,15,18,24H,8-9H2,1H3,(H,22,25)/t13?,15?,18-/m1/s1. The fourth-order valence-electron chi connectivity index (χ4n) is 3.38. The molecule has 4 rings (SSSR count). The number of aromatic nitrogens is 3. The predicted molar refractivity (Wildman–Crippen MR) is 93.9 cm³/mol. The van der Waals surface area contributed by atoms with E-state index in [4.69, 9.17) is 0 Å². The van der Waals surface area contributed by atoms with Crippen LogP contribution in [-0.2, 0) is 7.05 Å². The van der Waals surface area contributed by atoms with Crippen molar-refractivity contribution >= 4 is 16.8 Å². The maximum absolute atomic E-state index is 12.7. The number of carbonyl (C=O) groups is 1. The van der Waals surface area contributed by atoms with Gasteiger partial charge in [-0.25, -0.2) is 4.98 Å². The van der Waals surface area contributed by atoms with Gasteiger partial charge in [0.05, 0.1) is 23.9 Å². The van der Waals surface area contributed by atoms with E-state index in [1.54, 1.807) is 16.9 Å². The van der Waals surface area contributed by atoms with Gasteiger partial charge in [-0.2, -0.15) is 5.10 Å². The molecule has 2 N–H and O–H groups in total. The Hall–Kier alpha value is -2.73. The first-order chi connectivity index (χ1) is 12.1. The number of pyridine rings is 1. The summed E-state index contributed by atoms with van der Waals surface area (Å²) in [5.41, 5.74) is 2.15. The van der Waals surface area contributed by atoms with Crippen molar-refractivity contribution in [1.82, 2.24) is 20.1 Å². The van der Waals surface area contributed by atoms with E-state index in [-0.39, 0.29) is 24.0 Å². The molecule has 25 heavy (non-hydrogen) atoms. The van der Waals surface area contributed by atoms with Crippen LogP contribution in [-0.4, -0.2) is 31.9 Å². The van der Waals surface area contributed by atoms with Gasteiger partial charge in [-0.3, -0.25) is 9.48 Å². The maximum Gasteiger partial charge on any atom is 0.270 e. The number of nitrogens with one attached hydrogen (secondary N) is 1. The topological polar surface area (TPSA) is 80.0 Å². The van der Waals surface area contributed by atoms with Crippen molar-refractivity contribution in [2.75, 3.05) is 0 Å². The zero-order valence-electron chi connectivity index (χ0n) is 14.0. The molecular weight excluding hydrogens is 316 g/mol. The number of nitrogens with zero attached hydrogens (tertiary/aromatic N) is 3. The van der Waals surface area contributed by atoms with Gasteiger partial charge in [-0.15, -0.1) is 0 Å². The highest BCUT2D eigenvalue weighted by molar-refractivity contribution is 5.95. The molecule has 2 aromatic heterocycles. The molecule has 0 radical (unpaired) electrons. The lowest BCUT2D eigenvalue weighted by molar-refractivity contribution is 0.0234. The van der Waals surface area contributed by atoms with Gasteiger partial charge in [0.2, 0.25) is 0 Å². The number of fused-ring (bicyclic) bond motifs is 1. The predicted octanol–water partition coefficient (Wildman–Crippen LogP) is 2.21. The van der Waals surface area contributed by atoms with Crippen molar-refractivity contribution < 1.29 is 9.90 Å². The molecule has 0 aliphatic heterocycles. The molecule has 2 heterocycles. The van der Waals surface area contributed by atoms with Crippen molar-refractivity contribution in [3.8, 4) is 0 Å². The SMILES string of the molecule is Cn1cc([C@H](NC(=O)c2ccc3ccccc3n2)C2CC(O)C2)cn1. The Balaban J connectivity index is 1.58. The van der Waals surface area contributed by atoms with E-state index in [0.29, 0.717) is 18.5 Å². The summed E-state index contributed by atoms with van der Waals surface area (Å²) in [5.74, 6) is 0.00426. The average Bonchev–Trinajstić information content (AvgIpc) is 3.03. The largest absolute Gasteiger partial charge is 0.393 e. The van der Waals surface area contributed by atoms with Crippen LogP contribution in [0.15, 0.2) is 48.8 Å². The third kappa shape index (κ3) is 3.13. The second-order valence-electron chi connectivity index (χ2n) is 6.67. The second kappa shape index (κ2) is 6.29. The highest BCUT2D eigenvalue weighted by atomic mass is 16.3. The minimum absolute atomic E-state index is 0.169. The molecule has 3 aromatic rings. The van der Waals surface area contributed by atoms with E-state index < -0.39 is 0 Å². The summed E-state index contributed by atoms with van der Waals surface area (Å²) in [5, 5.41) is 17.9. The number of benzene rings is 1. The van der Waals surface area contributed by atoms with Gasteiger partial charge in [0.25, 0.3) is 5.91 Å². The van der Waals surface area contributed by atoms with Crippen molar-refractivity contribution in [2.45, 2.75) is 25.0 Å². The Kier molecular flexibility index (Phi) is 3.97. The highest BCUT2D eigenvalue weighted by Gasteiger charge is 2.36. The zero-order valence-corrected chi connectivity index (χ0v) is 14.0. The molecule has 0 unspecified atom stereocenters. The van der Waals surface area contributed by atoms with E-state index in [2.05, 4.69) is 15.4 Å². The Morgan fingerprint density at radius 2 is 2.08 bits per heavy atom. The van der Waals surface area contributed by atoms with Gasteiger partial charge in [-0.05, 0) is 30.9 Å². The summed E-state index contributed by atoms with van der Waals surface area (Å²) >= 11 is 0. The highest BCUT2D eigenvalue weighted by Crippen LogP contribution is 2.38. The van der Waals surface area contributed by atoms with Gasteiger partial charge in [0.1, 0.15) is 5.69 Å². The Morgan fingerprint density at radius 1 is 1.28 bits per heavy atom. The number of hydrogen-bond donors (Lipinski definition) is 2. The summed E-state index contributed by atoms with van der Waals surface area (Å²) in [6.07, 6.45) is 4.77. The molecule has 128 valence electrons. The first-order valence-electron chi connectivity index (χ1n) is 8.43. The molecule has 0 spiro atoms. The van der Waals surface area contributed by atoms with E-state index in [1.807, 2.05) is 43.6 Å². The van der Waals surface area contributed by atoms with Crippen LogP contribution in [0, 0.1) is 5.92 Å². The molecule has 0 bridgehead atoms. The van der Waals surface area contributed by atoms with E-state index in [1.165, 1.54) is 0 Å². The number of carbonyl (C=O) groups excluding carboxylic acids is 1. The Morgan fingerprint density at radius 3 is 2.80 bits per heavy atom. The number of aliphatic hydroxyl groups is 1. The lowest BCUT2D eigenvalue weighted by Gasteiger charge is -2.37. The van der Waals surface area contributed by atoms with Gasteiger partial charge >= 0.3 is 0 Å². The molecule has 6 heteroatoms. The van der Waals surface area contributed by atoms with Gasteiger partial charge < -0.3 is 10.4 Å². The van der Waals surface area contributed by atoms with Crippen molar-refractivity contribution in [1.29, 1.82) is 0 Å². The van der Waals surface area contributed by atoms with E-state index in [9.17, 15) is 9.90 Å². The molecule has 1 aliphatic rings. The third-order valence-corrected chi connectivity index (χ3v) is 4.82. The van der Waals surface area contributed by atoms with Crippen LogP contribution in [0.25, 0.3) is 10.9 Å². The van der Waals surface area contributed by atoms with Gasteiger partial charge in [0, 0.05) is 24.2 Å². The number of aliphatic hydroxyl groups excluding tert-OH is 1. The molecule has 1 saturated carbocycles. The van der Waals surface area contributed by atoms with Crippen LogP contribution in [0.5, 0.6) is 0 Å². The number of hydrogen-bond acceptors (Lipinski definition) is 4. The summed E-state index contributed by atoms with van der Waals surface area (Å²) in [6, 6.07) is 11.2. The monoisotopic (exact) mass is 336 g/mol. The summed E-state index contributed by atoms with van der Waals surface area (Å²) in [7, 11) is 1.85. The van der Waals surface area contributed by atoms with Crippen molar-refractivity contribution in [3.05, 3.63) is 60.0 Å². The molecular formula is C19H20N4O2. The molecule has 1 aliphatic carbocycles. The lowest BCUT2D eigenvalue weighted by atomic mass is 9.75. The van der Waals surface area contributed by atoms with Gasteiger partial charge in [-0.1, -0.05) is 24.3 Å². The van der Waals surface area contributed by atoms with Crippen LogP contribution in [0.3, 0.4) is 0 Å². The first-order valence-corrected chi connectivity index (χ1v) is 8.43. The molecule has 0 saturated heterocycles. The molecule has 1 fully saturated rings. The lowest BCUT2D eigenvalue weighted by Crippen LogP contribution is -2.41. The van der Waals surface area contributed by atoms with E-state index in [0.717, 1.165) is 16.5 Å². The number of para-hydroxylation sites is 1. The molecule has 6 nitrogen and oxygen atoms in total. The number of amides is 1. The van der Waals surface area contributed by atoms with Crippen LogP contribution in [0.4, 0.5) is 0 Å². The summed E-state index contributed by atoms with van der Waals surface area (Å²) in [6.45, 7) is 0.